The normalized spacial score (nSPS) is 14.9. The molecule has 8 heteroatoms. The maximum absolute atomic E-state index is 13.2. The number of benzene rings is 1. The number of hydrogen-bond acceptors (Lipinski definition) is 5. The number of anilines is 1. The first kappa shape index (κ1) is 23.5. The van der Waals surface area contributed by atoms with Gasteiger partial charge in [-0.05, 0) is 62.4 Å². The molecule has 1 aromatic carbocycles. The SMILES string of the molecule is Cc1n[nH]c(C)c1-c1ccc(NC(=O)[C@@H](NC(=O)OCc2ccccn2)C2CCCCC2)cc1. The van der Waals surface area contributed by atoms with Gasteiger partial charge in [0.2, 0.25) is 5.91 Å². The van der Waals surface area contributed by atoms with E-state index >= 15 is 0 Å². The Bertz CT molecular complexity index is 1090. The van der Waals surface area contributed by atoms with E-state index in [9.17, 15) is 9.59 Å². The Hall–Kier alpha value is -3.68. The molecule has 3 N–H and O–H groups in total. The Morgan fingerprint density at radius 2 is 1.85 bits per heavy atom. The molecule has 2 amide bonds. The second kappa shape index (κ2) is 11.0. The lowest BCUT2D eigenvalue weighted by Gasteiger charge is -2.29. The lowest BCUT2D eigenvalue weighted by molar-refractivity contribution is -0.119. The zero-order valence-corrected chi connectivity index (χ0v) is 19.6. The molecule has 0 radical (unpaired) electrons. The predicted octanol–water partition coefficient (Wildman–Crippen LogP) is 4.90. The van der Waals surface area contributed by atoms with Gasteiger partial charge in [0.25, 0.3) is 0 Å². The number of aromatic amines is 1. The number of aryl methyl sites for hydroxylation is 2. The summed E-state index contributed by atoms with van der Waals surface area (Å²) in [4.78, 5) is 29.9. The van der Waals surface area contributed by atoms with E-state index in [4.69, 9.17) is 4.74 Å². The Labute approximate surface area is 199 Å². The van der Waals surface area contributed by atoms with Crippen LogP contribution in [-0.2, 0) is 16.1 Å². The number of pyridine rings is 1. The summed E-state index contributed by atoms with van der Waals surface area (Å²) in [5.41, 5.74) is 5.36. The standard InChI is InChI=1S/C26H31N5O3/c1-17-23(18(2)31-30-17)19-11-13-21(14-12-19)28-25(32)24(20-8-4-3-5-9-20)29-26(33)34-16-22-10-6-7-15-27-22/h6-7,10-15,20,24H,3-5,8-9,16H2,1-2H3,(H,28,32)(H,29,33)(H,30,31)/t24-/m0/s1. The third kappa shape index (κ3) is 5.81. The van der Waals surface area contributed by atoms with Gasteiger partial charge in [0.1, 0.15) is 12.6 Å². The largest absolute Gasteiger partial charge is 0.443 e. The molecule has 0 bridgehead atoms. The van der Waals surface area contributed by atoms with E-state index in [1.165, 1.54) is 0 Å². The maximum atomic E-state index is 13.2. The van der Waals surface area contributed by atoms with Gasteiger partial charge in [-0.15, -0.1) is 0 Å². The number of ether oxygens (including phenoxy) is 1. The van der Waals surface area contributed by atoms with E-state index in [2.05, 4.69) is 25.8 Å². The highest BCUT2D eigenvalue weighted by molar-refractivity contribution is 5.97. The molecule has 34 heavy (non-hydrogen) atoms. The van der Waals surface area contributed by atoms with Crippen molar-refractivity contribution in [3.63, 3.8) is 0 Å². The van der Waals surface area contributed by atoms with Gasteiger partial charge in [-0.3, -0.25) is 14.9 Å². The van der Waals surface area contributed by atoms with Crippen LogP contribution in [0.25, 0.3) is 11.1 Å². The number of nitrogens with one attached hydrogen (secondary N) is 3. The van der Waals surface area contributed by atoms with Crippen LogP contribution in [0.5, 0.6) is 0 Å². The van der Waals surface area contributed by atoms with Crippen LogP contribution in [0.3, 0.4) is 0 Å². The average molecular weight is 462 g/mol. The monoisotopic (exact) mass is 461 g/mol. The molecule has 3 aromatic rings. The summed E-state index contributed by atoms with van der Waals surface area (Å²) in [5.74, 6) is -0.156. The van der Waals surface area contributed by atoms with Crippen molar-refractivity contribution in [1.29, 1.82) is 0 Å². The highest BCUT2D eigenvalue weighted by Gasteiger charge is 2.31. The van der Waals surface area contributed by atoms with Crippen molar-refractivity contribution in [3.8, 4) is 11.1 Å². The number of rotatable bonds is 7. The van der Waals surface area contributed by atoms with E-state index in [1.807, 2.05) is 44.2 Å². The van der Waals surface area contributed by atoms with Gasteiger partial charge < -0.3 is 15.4 Å². The van der Waals surface area contributed by atoms with Crippen molar-refractivity contribution in [2.45, 2.75) is 58.6 Å². The summed E-state index contributed by atoms with van der Waals surface area (Å²) in [6.45, 7) is 4.00. The van der Waals surface area contributed by atoms with Crippen molar-refractivity contribution >= 4 is 17.7 Å². The van der Waals surface area contributed by atoms with E-state index in [0.29, 0.717) is 11.4 Å². The molecule has 1 saturated carbocycles. The number of H-pyrrole nitrogens is 1. The third-order valence-corrected chi connectivity index (χ3v) is 6.32. The number of carbonyl (C=O) groups is 2. The van der Waals surface area contributed by atoms with Gasteiger partial charge in [0, 0.05) is 23.1 Å². The van der Waals surface area contributed by atoms with Crippen LogP contribution in [0.15, 0.2) is 48.7 Å². The molecule has 1 fully saturated rings. The van der Waals surface area contributed by atoms with Crippen molar-refractivity contribution in [3.05, 3.63) is 65.7 Å². The molecule has 0 unspecified atom stereocenters. The topological polar surface area (TPSA) is 109 Å². The Morgan fingerprint density at radius 3 is 2.50 bits per heavy atom. The fourth-order valence-electron chi connectivity index (χ4n) is 4.57. The summed E-state index contributed by atoms with van der Waals surface area (Å²) < 4.78 is 5.33. The van der Waals surface area contributed by atoms with E-state index in [0.717, 1.165) is 54.6 Å². The van der Waals surface area contributed by atoms with Gasteiger partial charge in [0.05, 0.1) is 11.4 Å². The minimum Gasteiger partial charge on any atom is -0.443 e. The van der Waals surface area contributed by atoms with Crippen molar-refractivity contribution in [2.24, 2.45) is 5.92 Å². The Kier molecular flexibility index (Phi) is 7.57. The van der Waals surface area contributed by atoms with E-state index in [1.54, 1.807) is 18.3 Å². The van der Waals surface area contributed by atoms with Crippen LogP contribution in [0.2, 0.25) is 0 Å². The zero-order valence-electron chi connectivity index (χ0n) is 19.6. The average Bonchev–Trinajstić information content (AvgIpc) is 3.20. The fraction of sp³-hybridized carbons (Fsp3) is 0.385. The van der Waals surface area contributed by atoms with Crippen LogP contribution in [0, 0.1) is 19.8 Å². The molecule has 1 atom stereocenters. The lowest BCUT2D eigenvalue weighted by Crippen LogP contribution is -2.49. The summed E-state index contributed by atoms with van der Waals surface area (Å²) in [7, 11) is 0. The van der Waals surface area contributed by atoms with E-state index < -0.39 is 12.1 Å². The summed E-state index contributed by atoms with van der Waals surface area (Å²) in [6, 6.07) is 12.4. The highest BCUT2D eigenvalue weighted by Crippen LogP contribution is 2.29. The molecule has 2 aromatic heterocycles. The molecule has 4 rings (SSSR count). The fourth-order valence-corrected chi connectivity index (χ4v) is 4.57. The second-order valence-electron chi connectivity index (χ2n) is 8.79. The molecule has 0 aliphatic heterocycles. The van der Waals surface area contributed by atoms with Crippen LogP contribution in [0.1, 0.15) is 49.2 Å². The number of hydrogen-bond donors (Lipinski definition) is 3. The quantitative estimate of drug-likeness (QED) is 0.464. The first-order chi connectivity index (χ1) is 16.5. The van der Waals surface area contributed by atoms with Gasteiger partial charge in [-0.1, -0.05) is 37.5 Å². The van der Waals surface area contributed by atoms with Gasteiger partial charge in [-0.25, -0.2) is 4.79 Å². The minimum absolute atomic E-state index is 0.0555. The molecule has 178 valence electrons. The molecule has 0 saturated heterocycles. The van der Waals surface area contributed by atoms with Crippen LogP contribution < -0.4 is 10.6 Å². The second-order valence-corrected chi connectivity index (χ2v) is 8.79. The first-order valence-corrected chi connectivity index (χ1v) is 11.8. The van der Waals surface area contributed by atoms with Crippen LogP contribution in [0.4, 0.5) is 10.5 Å². The summed E-state index contributed by atoms with van der Waals surface area (Å²) in [6.07, 6.45) is 6.10. The lowest BCUT2D eigenvalue weighted by atomic mass is 9.83. The Balaban J connectivity index is 1.42. The smallest absolute Gasteiger partial charge is 0.408 e. The summed E-state index contributed by atoms with van der Waals surface area (Å²) >= 11 is 0. The predicted molar refractivity (Wildman–Crippen MR) is 130 cm³/mol. The van der Waals surface area contributed by atoms with Gasteiger partial charge in [-0.2, -0.15) is 5.10 Å². The van der Waals surface area contributed by atoms with Gasteiger partial charge in [0.15, 0.2) is 0 Å². The van der Waals surface area contributed by atoms with Crippen LogP contribution >= 0.6 is 0 Å². The molecule has 2 heterocycles. The number of aromatic nitrogens is 3. The zero-order chi connectivity index (χ0) is 23.9. The van der Waals surface area contributed by atoms with Crippen molar-refractivity contribution < 1.29 is 14.3 Å². The molecule has 0 spiro atoms. The van der Waals surface area contributed by atoms with Crippen molar-refractivity contribution in [2.75, 3.05) is 5.32 Å². The maximum Gasteiger partial charge on any atom is 0.408 e. The summed E-state index contributed by atoms with van der Waals surface area (Å²) in [5, 5.41) is 13.0. The minimum atomic E-state index is -0.658. The molecular weight excluding hydrogens is 430 g/mol. The number of alkyl carbamates (subject to hydrolysis) is 1. The van der Waals surface area contributed by atoms with E-state index in [-0.39, 0.29) is 18.4 Å². The molecular formula is C26H31N5O3. The number of amides is 2. The van der Waals surface area contributed by atoms with Gasteiger partial charge >= 0.3 is 6.09 Å². The number of nitrogens with zero attached hydrogens (tertiary/aromatic N) is 2. The number of carbonyl (C=O) groups excluding carboxylic acids is 2. The Morgan fingerprint density at radius 1 is 1.09 bits per heavy atom. The molecule has 8 nitrogen and oxygen atoms in total. The molecule has 1 aliphatic rings. The highest BCUT2D eigenvalue weighted by atomic mass is 16.5. The third-order valence-electron chi connectivity index (χ3n) is 6.32. The first-order valence-electron chi connectivity index (χ1n) is 11.8. The van der Waals surface area contributed by atoms with Crippen molar-refractivity contribution in [1.82, 2.24) is 20.5 Å². The molecule has 1 aliphatic carbocycles. The van der Waals surface area contributed by atoms with Crippen LogP contribution in [-0.4, -0.2) is 33.2 Å².